The number of carbonyl (C=O) groups is 1. The number of ketones is 1. The van der Waals surface area contributed by atoms with E-state index in [-0.39, 0.29) is 17.4 Å². The van der Waals surface area contributed by atoms with Crippen molar-refractivity contribution in [2.45, 2.75) is 13.3 Å². The van der Waals surface area contributed by atoms with Crippen LogP contribution in [0.3, 0.4) is 0 Å². The zero-order valence-electron chi connectivity index (χ0n) is 12.1. The highest BCUT2D eigenvalue weighted by molar-refractivity contribution is 6.18. The quantitative estimate of drug-likeness (QED) is 0.560. The van der Waals surface area contributed by atoms with Gasteiger partial charge in [0.1, 0.15) is 11.6 Å². The molecule has 2 rings (SSSR count). The molecule has 0 saturated carbocycles. The molecule has 4 heteroatoms. The number of allylic oxidation sites excluding steroid dienone is 1. The van der Waals surface area contributed by atoms with Crippen LogP contribution in [0.1, 0.15) is 24.5 Å². The lowest BCUT2D eigenvalue weighted by Crippen LogP contribution is -2.04. The average Bonchev–Trinajstić information content (AvgIpc) is 2.50. The summed E-state index contributed by atoms with van der Waals surface area (Å²) in [5.41, 5.74) is 2.60. The smallest absolute Gasteiger partial charge is 0.156 e. The molecule has 1 nitrogen and oxygen atoms in total. The second kappa shape index (κ2) is 7.32. The van der Waals surface area contributed by atoms with Crippen LogP contribution < -0.4 is 0 Å². The molecule has 0 aliphatic carbocycles. The first-order chi connectivity index (χ1) is 10.5. The maximum absolute atomic E-state index is 13.2. The summed E-state index contributed by atoms with van der Waals surface area (Å²) >= 11 is 5.80. The number of benzene rings is 2. The molecule has 0 N–H and O–H groups in total. The summed E-state index contributed by atoms with van der Waals surface area (Å²) in [7, 11) is 0. The van der Waals surface area contributed by atoms with Crippen LogP contribution in [0.5, 0.6) is 0 Å². The number of hydrogen-bond donors (Lipinski definition) is 0. The molecule has 114 valence electrons. The van der Waals surface area contributed by atoms with Gasteiger partial charge in [0, 0.05) is 11.5 Å². The predicted molar refractivity (Wildman–Crippen MR) is 84.8 cm³/mol. The molecule has 0 heterocycles. The van der Waals surface area contributed by atoms with Crippen LogP contribution in [0.25, 0.3) is 5.57 Å². The van der Waals surface area contributed by atoms with Crippen LogP contribution in [0.15, 0.2) is 54.1 Å². The molecule has 22 heavy (non-hydrogen) atoms. The normalized spacial score (nSPS) is 10.4. The van der Waals surface area contributed by atoms with Gasteiger partial charge in [0.15, 0.2) is 5.78 Å². The van der Waals surface area contributed by atoms with E-state index in [1.54, 1.807) is 24.3 Å². The molecule has 0 amide bonds. The zero-order chi connectivity index (χ0) is 16.1. The largest absolute Gasteiger partial charge is 0.295 e. The Bertz CT molecular complexity index is 641. The maximum Gasteiger partial charge on any atom is 0.156 e. The van der Waals surface area contributed by atoms with Gasteiger partial charge in [-0.2, -0.15) is 0 Å². The number of halogens is 3. The number of carbonyl (C=O) groups excluding carboxylic acids is 1. The maximum atomic E-state index is 13.2. The fraction of sp³-hybridized carbons (Fsp3) is 0.167. The summed E-state index contributed by atoms with van der Waals surface area (Å²) < 4.78 is 26.3. The fourth-order valence-corrected chi connectivity index (χ4v) is 2.51. The SMILES string of the molecule is CC(=O)C(CCCl)=C(c1ccc(F)cc1)c1ccc(F)cc1. The Hall–Kier alpha value is -2.00. The highest BCUT2D eigenvalue weighted by atomic mass is 35.5. The van der Waals surface area contributed by atoms with Gasteiger partial charge in [-0.25, -0.2) is 8.78 Å². The third kappa shape index (κ3) is 3.80. The van der Waals surface area contributed by atoms with E-state index in [2.05, 4.69) is 0 Å². The summed E-state index contributed by atoms with van der Waals surface area (Å²) in [6, 6.07) is 11.7. The van der Waals surface area contributed by atoms with Crippen LogP contribution >= 0.6 is 11.6 Å². The lowest BCUT2D eigenvalue weighted by atomic mass is 9.90. The van der Waals surface area contributed by atoms with E-state index in [1.807, 2.05) is 0 Å². The van der Waals surface area contributed by atoms with Gasteiger partial charge in [-0.15, -0.1) is 11.6 Å². The van der Waals surface area contributed by atoms with Gasteiger partial charge < -0.3 is 0 Å². The van der Waals surface area contributed by atoms with Gasteiger partial charge in [0.2, 0.25) is 0 Å². The van der Waals surface area contributed by atoms with Crippen LogP contribution in [0, 0.1) is 11.6 Å². The van der Waals surface area contributed by atoms with Crippen molar-refractivity contribution < 1.29 is 13.6 Å². The summed E-state index contributed by atoms with van der Waals surface area (Å²) in [4.78, 5) is 12.0. The van der Waals surface area contributed by atoms with Gasteiger partial charge in [-0.1, -0.05) is 24.3 Å². The Morgan fingerprint density at radius 3 is 1.64 bits per heavy atom. The van der Waals surface area contributed by atoms with E-state index in [0.717, 1.165) is 0 Å². The Morgan fingerprint density at radius 2 is 1.32 bits per heavy atom. The van der Waals surface area contributed by atoms with Crippen molar-refractivity contribution in [2.24, 2.45) is 0 Å². The Balaban J connectivity index is 2.67. The van der Waals surface area contributed by atoms with Crippen molar-refractivity contribution in [3.05, 3.63) is 76.9 Å². The summed E-state index contributed by atoms with van der Waals surface area (Å²) in [6.07, 6.45) is 0.390. The molecule has 0 aliphatic heterocycles. The van der Waals surface area contributed by atoms with E-state index < -0.39 is 0 Å². The van der Waals surface area contributed by atoms with E-state index in [0.29, 0.717) is 34.6 Å². The third-order valence-corrected chi connectivity index (χ3v) is 3.53. The van der Waals surface area contributed by atoms with E-state index in [9.17, 15) is 13.6 Å². The molecule has 0 aliphatic rings. The lowest BCUT2D eigenvalue weighted by molar-refractivity contribution is -0.113. The molecule has 0 aromatic heterocycles. The van der Waals surface area contributed by atoms with Gasteiger partial charge >= 0.3 is 0 Å². The number of Topliss-reactive ketones (excluding diaryl/α,β-unsaturated/α-hetero) is 1. The summed E-state index contributed by atoms with van der Waals surface area (Å²) in [5.74, 6) is -0.530. The minimum atomic E-state index is -0.357. The van der Waals surface area contributed by atoms with Gasteiger partial charge in [-0.05, 0) is 54.3 Å². The predicted octanol–water partition coefficient (Wildman–Crippen LogP) is 4.98. The zero-order valence-corrected chi connectivity index (χ0v) is 12.8. The molecule has 0 unspecified atom stereocenters. The minimum Gasteiger partial charge on any atom is -0.295 e. The first-order valence-electron chi connectivity index (χ1n) is 6.85. The van der Waals surface area contributed by atoms with Crippen molar-refractivity contribution in [3.8, 4) is 0 Å². The second-order valence-corrected chi connectivity index (χ2v) is 5.24. The molecule has 0 fully saturated rings. The number of alkyl halides is 1. The highest BCUT2D eigenvalue weighted by Gasteiger charge is 2.15. The molecule has 0 bridgehead atoms. The molecule has 0 radical (unpaired) electrons. The summed E-state index contributed by atoms with van der Waals surface area (Å²) in [5, 5.41) is 0. The Morgan fingerprint density at radius 1 is 0.909 bits per heavy atom. The van der Waals surface area contributed by atoms with Crippen molar-refractivity contribution in [2.75, 3.05) is 5.88 Å². The fourth-order valence-electron chi connectivity index (χ4n) is 2.32. The van der Waals surface area contributed by atoms with Crippen LogP contribution in [-0.4, -0.2) is 11.7 Å². The van der Waals surface area contributed by atoms with Crippen LogP contribution in [0.4, 0.5) is 8.78 Å². The van der Waals surface area contributed by atoms with E-state index >= 15 is 0 Å². The minimum absolute atomic E-state index is 0.107. The molecular weight excluding hydrogens is 306 g/mol. The topological polar surface area (TPSA) is 17.1 Å². The van der Waals surface area contributed by atoms with Crippen molar-refractivity contribution >= 4 is 23.0 Å². The monoisotopic (exact) mass is 320 g/mol. The number of hydrogen-bond acceptors (Lipinski definition) is 1. The van der Waals surface area contributed by atoms with Crippen molar-refractivity contribution in [1.82, 2.24) is 0 Å². The number of rotatable bonds is 5. The summed E-state index contributed by atoms with van der Waals surface area (Å²) in [6.45, 7) is 1.47. The van der Waals surface area contributed by atoms with Gasteiger partial charge in [-0.3, -0.25) is 4.79 Å². The van der Waals surface area contributed by atoms with E-state index in [4.69, 9.17) is 11.6 Å². The highest BCUT2D eigenvalue weighted by Crippen LogP contribution is 2.29. The van der Waals surface area contributed by atoms with Crippen LogP contribution in [-0.2, 0) is 4.79 Å². The standard InChI is InChI=1S/C18H15ClF2O/c1-12(22)17(10-11-19)18(13-2-6-15(20)7-3-13)14-4-8-16(21)9-5-14/h2-9H,10-11H2,1H3. The molecule has 0 atom stereocenters. The average molecular weight is 321 g/mol. The Kier molecular flexibility index (Phi) is 5.45. The molecular formula is C18H15ClF2O. The van der Waals surface area contributed by atoms with Crippen molar-refractivity contribution in [3.63, 3.8) is 0 Å². The molecule has 2 aromatic rings. The lowest BCUT2D eigenvalue weighted by Gasteiger charge is -2.14. The van der Waals surface area contributed by atoms with Crippen molar-refractivity contribution in [1.29, 1.82) is 0 Å². The molecule has 0 spiro atoms. The van der Waals surface area contributed by atoms with Gasteiger partial charge in [0.05, 0.1) is 0 Å². The third-order valence-electron chi connectivity index (χ3n) is 3.34. The van der Waals surface area contributed by atoms with Gasteiger partial charge in [0.25, 0.3) is 0 Å². The Labute approximate surface area is 133 Å². The molecule has 0 saturated heterocycles. The second-order valence-electron chi connectivity index (χ2n) is 4.86. The first kappa shape index (κ1) is 16.4. The molecule has 2 aromatic carbocycles. The van der Waals surface area contributed by atoms with E-state index in [1.165, 1.54) is 31.2 Å². The van der Waals surface area contributed by atoms with Crippen LogP contribution in [0.2, 0.25) is 0 Å². The first-order valence-corrected chi connectivity index (χ1v) is 7.38.